The number of rotatable bonds is 4. The van der Waals surface area contributed by atoms with Crippen LogP contribution in [0.3, 0.4) is 0 Å². The van der Waals surface area contributed by atoms with Crippen molar-refractivity contribution in [2.24, 2.45) is 5.73 Å². The Morgan fingerprint density at radius 1 is 1.64 bits per heavy atom. The van der Waals surface area contributed by atoms with Gasteiger partial charge in [-0.3, -0.25) is 0 Å². The van der Waals surface area contributed by atoms with Crippen LogP contribution in [0.1, 0.15) is 13.3 Å². The molecular formula is C5H17NO4Si. The molecule has 0 radical (unpaired) electrons. The first-order valence-corrected chi connectivity index (χ1v) is 4.63. The molecule has 70 valence electrons. The van der Waals surface area contributed by atoms with Crippen LogP contribution in [-0.2, 0) is 4.43 Å². The van der Waals surface area contributed by atoms with Gasteiger partial charge in [-0.2, -0.15) is 0 Å². The molecule has 0 spiro atoms. The van der Waals surface area contributed by atoms with Gasteiger partial charge in [-0.15, -0.1) is 0 Å². The van der Waals surface area contributed by atoms with Crippen LogP contribution in [0, 0.1) is 0 Å². The predicted octanol–water partition coefficient (Wildman–Crippen LogP) is -2.34. The second-order valence-corrected chi connectivity index (χ2v) is 2.37. The molecule has 6 heteroatoms. The molecule has 0 saturated heterocycles. The number of hydrogen-bond acceptors (Lipinski definition) is 5. The SMILES string of the molecule is CCO[SiH2]O.NC(O)CCO. The number of aliphatic hydroxyl groups is 2. The van der Waals surface area contributed by atoms with Crippen molar-refractivity contribution in [2.45, 2.75) is 19.6 Å². The molecule has 11 heavy (non-hydrogen) atoms. The van der Waals surface area contributed by atoms with Crippen LogP contribution in [0.25, 0.3) is 0 Å². The first kappa shape index (κ1) is 13.6. The van der Waals surface area contributed by atoms with E-state index in [-0.39, 0.29) is 13.0 Å². The van der Waals surface area contributed by atoms with Gasteiger partial charge in [-0.1, -0.05) is 0 Å². The third-order valence-electron chi connectivity index (χ3n) is 0.720. The highest BCUT2D eigenvalue weighted by molar-refractivity contribution is 6.15. The van der Waals surface area contributed by atoms with Gasteiger partial charge in [0, 0.05) is 19.6 Å². The van der Waals surface area contributed by atoms with Crippen LogP contribution < -0.4 is 5.73 Å². The summed E-state index contributed by atoms with van der Waals surface area (Å²) in [6, 6.07) is 0. The standard InChI is InChI=1S/C3H9NO2.C2H8O2Si/c4-3(6)1-2-5;1-2-4-5-3/h3,5-6H,1-2,4H2;3H,2,5H2,1H3. The lowest BCUT2D eigenvalue weighted by molar-refractivity contribution is 0.139. The van der Waals surface area contributed by atoms with Crippen molar-refractivity contribution in [1.82, 2.24) is 0 Å². The van der Waals surface area contributed by atoms with Gasteiger partial charge >= 0.3 is 10.0 Å². The number of nitrogens with two attached hydrogens (primary N) is 1. The van der Waals surface area contributed by atoms with E-state index in [0.717, 1.165) is 0 Å². The first-order valence-electron chi connectivity index (χ1n) is 3.42. The summed E-state index contributed by atoms with van der Waals surface area (Å²) in [5, 5.41) is 16.2. The Morgan fingerprint density at radius 3 is 2.18 bits per heavy atom. The van der Waals surface area contributed by atoms with E-state index in [0.29, 0.717) is 6.61 Å². The number of aliphatic hydroxyl groups excluding tert-OH is 2. The molecular weight excluding hydrogens is 166 g/mol. The number of hydrogen-bond donors (Lipinski definition) is 4. The van der Waals surface area contributed by atoms with Gasteiger partial charge in [-0.05, 0) is 6.92 Å². The van der Waals surface area contributed by atoms with Crippen molar-refractivity contribution in [3.63, 3.8) is 0 Å². The fraction of sp³-hybridized carbons (Fsp3) is 1.00. The predicted molar refractivity (Wildman–Crippen MR) is 44.3 cm³/mol. The van der Waals surface area contributed by atoms with Crippen molar-refractivity contribution in [3.05, 3.63) is 0 Å². The molecule has 1 unspecified atom stereocenters. The van der Waals surface area contributed by atoms with E-state index in [1.807, 2.05) is 6.92 Å². The van der Waals surface area contributed by atoms with Gasteiger partial charge in [0.1, 0.15) is 6.23 Å². The fourth-order valence-electron chi connectivity index (χ4n) is 0.224. The summed E-state index contributed by atoms with van der Waals surface area (Å²) in [6.45, 7) is 2.48. The minimum Gasteiger partial charge on any atom is -0.415 e. The molecule has 0 amide bonds. The molecule has 0 aliphatic carbocycles. The molecule has 0 aliphatic rings. The largest absolute Gasteiger partial charge is 0.415 e. The van der Waals surface area contributed by atoms with Crippen molar-refractivity contribution < 1.29 is 19.4 Å². The van der Waals surface area contributed by atoms with E-state index >= 15 is 0 Å². The Hall–Kier alpha value is 0.0169. The van der Waals surface area contributed by atoms with E-state index in [9.17, 15) is 0 Å². The zero-order chi connectivity index (χ0) is 9.11. The van der Waals surface area contributed by atoms with Crippen LogP contribution in [0.2, 0.25) is 0 Å². The smallest absolute Gasteiger partial charge is 0.301 e. The Balaban J connectivity index is 0. The zero-order valence-corrected chi connectivity index (χ0v) is 8.15. The first-order chi connectivity index (χ1) is 5.18. The highest BCUT2D eigenvalue weighted by Gasteiger charge is 1.88. The molecule has 0 aliphatic heterocycles. The quantitative estimate of drug-likeness (QED) is 0.289. The lowest BCUT2D eigenvalue weighted by Gasteiger charge is -1.95. The molecule has 1 atom stereocenters. The normalized spacial score (nSPS) is 12.8. The van der Waals surface area contributed by atoms with E-state index in [1.165, 1.54) is 0 Å². The highest BCUT2D eigenvalue weighted by Crippen LogP contribution is 1.75. The summed E-state index contributed by atoms with van der Waals surface area (Å²) < 4.78 is 4.53. The van der Waals surface area contributed by atoms with Gasteiger partial charge in [0.05, 0.1) is 0 Å². The molecule has 0 fully saturated rings. The molecule has 0 saturated carbocycles. The minimum absolute atomic E-state index is 0.0440. The second kappa shape index (κ2) is 12.7. The average molecular weight is 183 g/mol. The monoisotopic (exact) mass is 183 g/mol. The van der Waals surface area contributed by atoms with Crippen LogP contribution in [0.4, 0.5) is 0 Å². The van der Waals surface area contributed by atoms with Crippen LogP contribution >= 0.6 is 0 Å². The maximum atomic E-state index is 8.17. The Morgan fingerprint density at radius 2 is 2.18 bits per heavy atom. The Labute approximate surface area is 68.9 Å². The fourth-order valence-corrected chi connectivity index (χ4v) is 0.406. The van der Waals surface area contributed by atoms with Gasteiger partial charge in [0.15, 0.2) is 0 Å². The molecule has 5 N–H and O–H groups in total. The minimum atomic E-state index is -1.09. The topological polar surface area (TPSA) is 95.9 Å². The third kappa shape index (κ3) is 25.6. The molecule has 0 bridgehead atoms. The van der Waals surface area contributed by atoms with Crippen LogP contribution in [0.15, 0.2) is 0 Å². The summed E-state index contributed by atoms with van der Waals surface area (Å²) in [5.74, 6) is 0. The second-order valence-electron chi connectivity index (χ2n) is 1.70. The highest BCUT2D eigenvalue weighted by atomic mass is 28.2. The molecule has 0 aromatic heterocycles. The molecule has 0 rings (SSSR count). The van der Waals surface area contributed by atoms with E-state index in [1.54, 1.807) is 0 Å². The molecule has 5 nitrogen and oxygen atoms in total. The maximum absolute atomic E-state index is 8.17. The lowest BCUT2D eigenvalue weighted by atomic mass is 10.4. The van der Waals surface area contributed by atoms with E-state index in [2.05, 4.69) is 4.43 Å². The van der Waals surface area contributed by atoms with E-state index < -0.39 is 16.2 Å². The van der Waals surface area contributed by atoms with Gasteiger partial charge in [0.2, 0.25) is 0 Å². The summed E-state index contributed by atoms with van der Waals surface area (Å²) in [4.78, 5) is 7.98. The molecule has 0 heterocycles. The Kier molecular flexibility index (Phi) is 15.7. The van der Waals surface area contributed by atoms with Crippen molar-refractivity contribution in [1.29, 1.82) is 0 Å². The van der Waals surface area contributed by atoms with Gasteiger partial charge in [0.25, 0.3) is 0 Å². The zero-order valence-electron chi connectivity index (χ0n) is 6.73. The summed E-state index contributed by atoms with van der Waals surface area (Å²) >= 11 is 0. The maximum Gasteiger partial charge on any atom is 0.301 e. The summed E-state index contributed by atoms with van der Waals surface area (Å²) in [6.07, 6.45) is -0.588. The van der Waals surface area contributed by atoms with Gasteiger partial charge in [-0.25, -0.2) is 0 Å². The summed E-state index contributed by atoms with van der Waals surface area (Å²) in [7, 11) is -1.09. The van der Waals surface area contributed by atoms with Crippen molar-refractivity contribution in [3.8, 4) is 0 Å². The van der Waals surface area contributed by atoms with Crippen LogP contribution in [-0.4, -0.2) is 44.5 Å². The molecule has 0 aromatic rings. The van der Waals surface area contributed by atoms with E-state index in [4.69, 9.17) is 20.7 Å². The van der Waals surface area contributed by atoms with Crippen molar-refractivity contribution >= 4 is 10.0 Å². The summed E-state index contributed by atoms with van der Waals surface area (Å²) in [5.41, 5.74) is 4.80. The Bertz CT molecular complexity index is 62.4. The van der Waals surface area contributed by atoms with Crippen LogP contribution in [0.5, 0.6) is 0 Å². The van der Waals surface area contributed by atoms with Crippen molar-refractivity contribution in [2.75, 3.05) is 13.2 Å². The van der Waals surface area contributed by atoms with Gasteiger partial charge < -0.3 is 25.2 Å². The average Bonchev–Trinajstić information content (AvgIpc) is 1.90. The molecule has 0 aromatic carbocycles. The third-order valence-corrected chi connectivity index (χ3v) is 1.31. The lowest BCUT2D eigenvalue weighted by Crippen LogP contribution is -2.19.